The van der Waals surface area contributed by atoms with Crippen LogP contribution in [0.4, 0.5) is 0 Å². The Hall–Kier alpha value is -1.53. The summed E-state index contributed by atoms with van der Waals surface area (Å²) >= 11 is 0. The summed E-state index contributed by atoms with van der Waals surface area (Å²) < 4.78 is 1.71. The highest BCUT2D eigenvalue weighted by Crippen LogP contribution is 2.30. The van der Waals surface area contributed by atoms with Gasteiger partial charge in [-0.15, -0.1) is 0 Å². The van der Waals surface area contributed by atoms with E-state index in [9.17, 15) is 14.7 Å². The molecule has 0 saturated heterocycles. The van der Waals surface area contributed by atoms with Gasteiger partial charge in [-0.05, 0) is 58.2 Å². The predicted octanol–water partition coefficient (Wildman–Crippen LogP) is -0.692. The molecule has 0 unspecified atom stereocenters. The molecule has 6 nitrogen and oxygen atoms in total. The number of aromatic nitrogens is 1. The van der Waals surface area contributed by atoms with Crippen molar-refractivity contribution in [1.29, 1.82) is 0 Å². The molecule has 154 valence electrons. The third-order valence-electron chi connectivity index (χ3n) is 5.25. The number of hydrogen-bond donors (Lipinski definition) is 2. The molecule has 2 rings (SSSR count). The van der Waals surface area contributed by atoms with Crippen LogP contribution in [0.15, 0.2) is 4.79 Å². The van der Waals surface area contributed by atoms with Gasteiger partial charge in [0.2, 0.25) is 0 Å². The molecule has 0 aromatic carbocycles. The van der Waals surface area contributed by atoms with Crippen LogP contribution in [0.2, 0.25) is 0 Å². The largest absolute Gasteiger partial charge is 1.00 e. The van der Waals surface area contributed by atoms with Crippen LogP contribution < -0.4 is 23.3 Å². The number of nitrogens with one attached hydrogen (secondary N) is 1. The van der Waals surface area contributed by atoms with Gasteiger partial charge >= 0.3 is 0 Å². The SMILES string of the molecule is CCCn1c2c(c(O)c(C(=O)NCCCN(CC)CC)c1=O)CCCC2.[Cl-]. The molecule has 1 aromatic rings. The number of carbonyl (C=O) groups excluding carboxylic acids is 1. The summed E-state index contributed by atoms with van der Waals surface area (Å²) in [6.45, 7) is 10.2. The highest BCUT2D eigenvalue weighted by molar-refractivity contribution is 5.97. The second kappa shape index (κ2) is 11.3. The van der Waals surface area contributed by atoms with Crippen molar-refractivity contribution in [2.24, 2.45) is 0 Å². The molecule has 0 spiro atoms. The van der Waals surface area contributed by atoms with Crippen LogP contribution in [-0.2, 0) is 19.4 Å². The second-order valence-corrected chi connectivity index (χ2v) is 6.95. The standard InChI is InChI=1S/C20H33N3O3.ClH/c1-4-13-23-16-11-8-7-10-15(16)18(24)17(20(23)26)19(25)21-12-9-14-22(5-2)6-3;/h24H,4-14H2,1-3H3,(H,21,25);1H/p-1. The molecular formula is C20H33ClN3O3-. The fraction of sp³-hybridized carbons (Fsp3) is 0.700. The maximum atomic E-state index is 12.9. The Labute approximate surface area is 168 Å². The van der Waals surface area contributed by atoms with Gasteiger partial charge in [-0.3, -0.25) is 9.59 Å². The molecule has 1 heterocycles. The van der Waals surface area contributed by atoms with Crippen molar-refractivity contribution in [2.45, 2.75) is 65.8 Å². The Bertz CT molecular complexity index is 684. The van der Waals surface area contributed by atoms with E-state index in [1.807, 2.05) is 6.92 Å². The van der Waals surface area contributed by atoms with E-state index in [-0.39, 0.29) is 29.3 Å². The number of hydrogen-bond acceptors (Lipinski definition) is 4. The van der Waals surface area contributed by atoms with Crippen molar-refractivity contribution >= 4 is 5.91 Å². The third kappa shape index (κ3) is 5.48. The lowest BCUT2D eigenvalue weighted by Crippen LogP contribution is -3.00. The first kappa shape index (κ1) is 23.5. The maximum Gasteiger partial charge on any atom is 0.267 e. The molecule has 1 amide bonds. The number of rotatable bonds is 9. The van der Waals surface area contributed by atoms with Crippen LogP contribution in [0.5, 0.6) is 5.75 Å². The average Bonchev–Trinajstić information content (AvgIpc) is 2.65. The molecule has 27 heavy (non-hydrogen) atoms. The van der Waals surface area contributed by atoms with Crippen LogP contribution in [0.25, 0.3) is 0 Å². The van der Waals surface area contributed by atoms with Gasteiger partial charge in [0.1, 0.15) is 11.3 Å². The van der Waals surface area contributed by atoms with Gasteiger partial charge in [0.15, 0.2) is 0 Å². The highest BCUT2D eigenvalue weighted by Gasteiger charge is 2.26. The zero-order valence-corrected chi connectivity index (χ0v) is 17.6. The minimum Gasteiger partial charge on any atom is -1.00 e. The van der Waals surface area contributed by atoms with E-state index in [4.69, 9.17) is 0 Å². The van der Waals surface area contributed by atoms with E-state index >= 15 is 0 Å². The molecule has 0 aliphatic heterocycles. The maximum absolute atomic E-state index is 12.9. The smallest absolute Gasteiger partial charge is 0.267 e. The number of nitrogens with zero attached hydrogens (tertiary/aromatic N) is 2. The summed E-state index contributed by atoms with van der Waals surface area (Å²) in [7, 11) is 0. The minimum atomic E-state index is -0.453. The second-order valence-electron chi connectivity index (χ2n) is 6.95. The molecule has 0 fully saturated rings. The molecule has 7 heteroatoms. The number of fused-ring (bicyclic) bond motifs is 1. The van der Waals surface area contributed by atoms with Gasteiger partial charge in [-0.1, -0.05) is 20.8 Å². The third-order valence-corrected chi connectivity index (χ3v) is 5.25. The van der Waals surface area contributed by atoms with Crippen molar-refractivity contribution in [3.63, 3.8) is 0 Å². The Balaban J connectivity index is 0.00000364. The Morgan fingerprint density at radius 1 is 1.19 bits per heavy atom. The first-order valence-electron chi connectivity index (χ1n) is 10.0. The number of halogens is 1. The average molecular weight is 399 g/mol. The number of amides is 1. The first-order chi connectivity index (χ1) is 12.5. The van der Waals surface area contributed by atoms with Gasteiger partial charge in [0, 0.05) is 24.3 Å². The van der Waals surface area contributed by atoms with Gasteiger partial charge in [-0.25, -0.2) is 0 Å². The van der Waals surface area contributed by atoms with Crippen molar-refractivity contribution in [1.82, 2.24) is 14.8 Å². The quantitative estimate of drug-likeness (QED) is 0.540. The van der Waals surface area contributed by atoms with E-state index in [0.29, 0.717) is 13.1 Å². The summed E-state index contributed by atoms with van der Waals surface area (Å²) in [6.07, 6.45) is 5.17. The molecule has 1 aliphatic rings. The lowest BCUT2D eigenvalue weighted by atomic mass is 9.93. The number of pyridine rings is 1. The van der Waals surface area contributed by atoms with Crippen LogP contribution in [-0.4, -0.2) is 46.7 Å². The zero-order chi connectivity index (χ0) is 19.1. The van der Waals surface area contributed by atoms with Gasteiger partial charge < -0.3 is 32.3 Å². The Morgan fingerprint density at radius 3 is 2.48 bits per heavy atom. The normalized spacial score (nSPS) is 13.2. The lowest BCUT2D eigenvalue weighted by Gasteiger charge is -2.23. The topological polar surface area (TPSA) is 74.6 Å². The van der Waals surface area contributed by atoms with Crippen LogP contribution in [0.3, 0.4) is 0 Å². The number of carbonyl (C=O) groups is 1. The molecule has 1 aliphatic carbocycles. The highest BCUT2D eigenvalue weighted by atomic mass is 35.5. The lowest BCUT2D eigenvalue weighted by molar-refractivity contribution is -0.0000155. The fourth-order valence-electron chi connectivity index (χ4n) is 3.75. The summed E-state index contributed by atoms with van der Waals surface area (Å²) in [6, 6.07) is 0. The fourth-order valence-corrected chi connectivity index (χ4v) is 3.75. The summed E-state index contributed by atoms with van der Waals surface area (Å²) in [5, 5.41) is 13.4. The minimum absolute atomic E-state index is 0. The van der Waals surface area contributed by atoms with Crippen molar-refractivity contribution < 1.29 is 22.3 Å². The molecule has 1 aromatic heterocycles. The summed E-state index contributed by atoms with van der Waals surface area (Å²) in [4.78, 5) is 27.8. The van der Waals surface area contributed by atoms with Crippen molar-refractivity contribution in [2.75, 3.05) is 26.2 Å². The molecule has 0 atom stereocenters. The van der Waals surface area contributed by atoms with E-state index < -0.39 is 5.91 Å². The van der Waals surface area contributed by atoms with Crippen molar-refractivity contribution in [3.8, 4) is 5.75 Å². The zero-order valence-electron chi connectivity index (χ0n) is 16.8. The van der Waals surface area contributed by atoms with Crippen LogP contribution >= 0.6 is 0 Å². The Kier molecular flexibility index (Phi) is 9.88. The predicted molar refractivity (Wildman–Crippen MR) is 104 cm³/mol. The molecule has 0 saturated carbocycles. The molecule has 0 bridgehead atoms. The monoisotopic (exact) mass is 398 g/mol. The van der Waals surface area contributed by atoms with Gasteiger partial charge in [-0.2, -0.15) is 0 Å². The molecular weight excluding hydrogens is 366 g/mol. The van der Waals surface area contributed by atoms with Crippen LogP contribution in [0, 0.1) is 0 Å². The Morgan fingerprint density at radius 2 is 1.85 bits per heavy atom. The van der Waals surface area contributed by atoms with Crippen molar-refractivity contribution in [3.05, 3.63) is 27.2 Å². The first-order valence-corrected chi connectivity index (χ1v) is 10.0. The van der Waals surface area contributed by atoms with E-state index in [0.717, 1.165) is 69.4 Å². The summed E-state index contributed by atoms with van der Waals surface area (Å²) in [5.74, 6) is -0.552. The van der Waals surface area contributed by atoms with Crippen LogP contribution in [0.1, 0.15) is 68.1 Å². The molecule has 0 radical (unpaired) electrons. The van der Waals surface area contributed by atoms with E-state index in [2.05, 4.69) is 24.1 Å². The van der Waals surface area contributed by atoms with E-state index in [1.165, 1.54) is 0 Å². The summed E-state index contributed by atoms with van der Waals surface area (Å²) in [5.41, 5.74) is 1.27. The van der Waals surface area contributed by atoms with Gasteiger partial charge in [0.25, 0.3) is 11.5 Å². The molecule has 2 N–H and O–H groups in total. The number of aromatic hydroxyl groups is 1. The van der Waals surface area contributed by atoms with E-state index in [1.54, 1.807) is 4.57 Å². The van der Waals surface area contributed by atoms with Gasteiger partial charge in [0.05, 0.1) is 0 Å².